The predicted octanol–water partition coefficient (Wildman–Crippen LogP) is 0.880. The molecule has 0 bridgehead atoms. The number of hydrogen-bond acceptors (Lipinski definition) is 3. The third kappa shape index (κ3) is 2.23. The number of aromatic amines is 1. The first-order valence-electron chi connectivity index (χ1n) is 6.24. The normalized spacial score (nSPS) is 20.4. The smallest absolute Gasteiger partial charge is 0.326 e. The Morgan fingerprint density at radius 1 is 1.39 bits per heavy atom. The van der Waals surface area contributed by atoms with Crippen LogP contribution in [0.2, 0.25) is 0 Å². The first-order chi connectivity index (χ1) is 8.65. The van der Waals surface area contributed by atoms with E-state index in [4.69, 9.17) is 5.11 Å². The fourth-order valence-electron chi connectivity index (χ4n) is 2.08. The third-order valence-electron chi connectivity index (χ3n) is 3.49. The molecule has 6 heteroatoms. The number of carboxylic acid groups (broad SMARTS) is 1. The molecule has 0 spiro atoms. The first kappa shape index (κ1) is 11.3. The van der Waals surface area contributed by atoms with E-state index in [0.717, 1.165) is 31.4 Å². The van der Waals surface area contributed by atoms with Crippen LogP contribution in [0.4, 0.5) is 0 Å². The molecule has 2 aliphatic rings. The van der Waals surface area contributed by atoms with Gasteiger partial charge in [-0.05, 0) is 37.7 Å². The molecular weight excluding hydrogens is 234 g/mol. The Morgan fingerprint density at radius 2 is 2.11 bits per heavy atom. The van der Waals surface area contributed by atoms with Crippen LogP contribution in [0.15, 0.2) is 6.07 Å². The Kier molecular flexibility index (Phi) is 2.57. The maximum atomic E-state index is 11.9. The van der Waals surface area contributed by atoms with Gasteiger partial charge in [-0.15, -0.1) is 0 Å². The number of amides is 1. The number of nitrogens with one attached hydrogen (secondary N) is 2. The highest BCUT2D eigenvalue weighted by Gasteiger charge is 2.37. The Bertz CT molecular complexity index is 489. The number of carbonyl (C=O) groups is 2. The van der Waals surface area contributed by atoms with Gasteiger partial charge in [0.2, 0.25) is 0 Å². The van der Waals surface area contributed by atoms with Crippen LogP contribution in [-0.4, -0.2) is 33.2 Å². The fraction of sp³-hybridized carbons (Fsp3) is 0.583. The summed E-state index contributed by atoms with van der Waals surface area (Å²) in [4.78, 5) is 22.9. The largest absolute Gasteiger partial charge is 0.480 e. The number of rotatable bonds is 5. The van der Waals surface area contributed by atoms with Crippen molar-refractivity contribution in [3.63, 3.8) is 0 Å². The topological polar surface area (TPSA) is 95.1 Å². The van der Waals surface area contributed by atoms with Crippen molar-refractivity contribution in [2.45, 2.75) is 37.6 Å². The molecule has 6 nitrogen and oxygen atoms in total. The monoisotopic (exact) mass is 249 g/mol. The zero-order chi connectivity index (χ0) is 12.7. The van der Waals surface area contributed by atoms with Crippen LogP contribution in [0.1, 0.15) is 47.8 Å². The van der Waals surface area contributed by atoms with E-state index in [2.05, 4.69) is 15.5 Å². The molecule has 2 fully saturated rings. The predicted molar refractivity (Wildman–Crippen MR) is 62.2 cm³/mol. The molecule has 1 atom stereocenters. The van der Waals surface area contributed by atoms with Gasteiger partial charge < -0.3 is 10.4 Å². The van der Waals surface area contributed by atoms with Crippen molar-refractivity contribution in [1.82, 2.24) is 15.5 Å². The number of nitrogens with zero attached hydrogens (tertiary/aromatic N) is 1. The average Bonchev–Trinajstić information content (AvgIpc) is 3.25. The Balaban J connectivity index is 1.66. The van der Waals surface area contributed by atoms with E-state index >= 15 is 0 Å². The molecule has 2 saturated carbocycles. The summed E-state index contributed by atoms with van der Waals surface area (Å²) in [6.45, 7) is 0. The Labute approximate surface area is 104 Å². The third-order valence-corrected chi connectivity index (χ3v) is 3.49. The van der Waals surface area contributed by atoms with Crippen molar-refractivity contribution in [1.29, 1.82) is 0 Å². The number of carboxylic acids is 1. The van der Waals surface area contributed by atoms with Gasteiger partial charge in [-0.1, -0.05) is 0 Å². The van der Waals surface area contributed by atoms with Crippen molar-refractivity contribution in [2.24, 2.45) is 5.92 Å². The van der Waals surface area contributed by atoms with Gasteiger partial charge in [-0.2, -0.15) is 5.10 Å². The summed E-state index contributed by atoms with van der Waals surface area (Å²) < 4.78 is 0. The van der Waals surface area contributed by atoms with E-state index in [1.807, 2.05) is 0 Å². The molecule has 1 aromatic heterocycles. The molecule has 1 aromatic rings. The van der Waals surface area contributed by atoms with Crippen LogP contribution in [0.3, 0.4) is 0 Å². The summed E-state index contributed by atoms with van der Waals surface area (Å²) in [5.74, 6) is -0.799. The highest BCUT2D eigenvalue weighted by atomic mass is 16.4. The summed E-state index contributed by atoms with van der Waals surface area (Å²) in [5.41, 5.74) is 1.25. The van der Waals surface area contributed by atoms with Crippen LogP contribution < -0.4 is 5.32 Å². The highest BCUT2D eigenvalue weighted by Crippen LogP contribution is 2.39. The summed E-state index contributed by atoms with van der Waals surface area (Å²) in [6.07, 6.45) is 3.99. The average molecular weight is 249 g/mol. The number of hydrogen-bond donors (Lipinski definition) is 3. The lowest BCUT2D eigenvalue weighted by Crippen LogP contribution is -2.42. The minimum atomic E-state index is -0.969. The van der Waals surface area contributed by atoms with E-state index < -0.39 is 17.9 Å². The molecular formula is C12H15N3O3. The zero-order valence-electron chi connectivity index (χ0n) is 9.85. The minimum Gasteiger partial charge on any atom is -0.480 e. The van der Waals surface area contributed by atoms with Gasteiger partial charge in [-0.25, -0.2) is 4.79 Å². The second kappa shape index (κ2) is 4.12. The molecule has 0 radical (unpaired) electrons. The van der Waals surface area contributed by atoms with Crippen molar-refractivity contribution < 1.29 is 14.7 Å². The van der Waals surface area contributed by atoms with Crippen LogP contribution in [-0.2, 0) is 4.79 Å². The van der Waals surface area contributed by atoms with Gasteiger partial charge in [0.05, 0.1) is 0 Å². The summed E-state index contributed by atoms with van der Waals surface area (Å²) in [6, 6.07) is 0.942. The van der Waals surface area contributed by atoms with Crippen molar-refractivity contribution in [2.75, 3.05) is 0 Å². The minimum absolute atomic E-state index is 0.0771. The summed E-state index contributed by atoms with van der Waals surface area (Å²) >= 11 is 0. The number of aromatic nitrogens is 2. The summed E-state index contributed by atoms with van der Waals surface area (Å²) in [7, 11) is 0. The maximum Gasteiger partial charge on any atom is 0.326 e. The van der Waals surface area contributed by atoms with Gasteiger partial charge in [0.15, 0.2) is 0 Å². The van der Waals surface area contributed by atoms with Crippen molar-refractivity contribution in [3.8, 4) is 0 Å². The molecule has 0 aromatic carbocycles. The maximum absolute atomic E-state index is 11.9. The van der Waals surface area contributed by atoms with Crippen LogP contribution in [0.5, 0.6) is 0 Å². The van der Waals surface area contributed by atoms with E-state index in [0.29, 0.717) is 5.92 Å². The molecule has 1 heterocycles. The van der Waals surface area contributed by atoms with Crippen LogP contribution in [0, 0.1) is 5.92 Å². The van der Waals surface area contributed by atoms with Crippen molar-refractivity contribution >= 4 is 11.9 Å². The first-order valence-corrected chi connectivity index (χ1v) is 6.24. The molecule has 96 valence electrons. The number of H-pyrrole nitrogens is 1. The highest BCUT2D eigenvalue weighted by molar-refractivity contribution is 5.95. The standard InChI is InChI=1S/C12H15N3O3/c16-11(13-10(12(17)18)7-3-4-7)9-5-8(14-15-9)6-1-2-6/h5-7,10H,1-4H2,(H,13,16)(H,14,15)(H,17,18). The molecule has 2 aliphatic carbocycles. The van der Waals surface area contributed by atoms with E-state index in [9.17, 15) is 9.59 Å². The van der Waals surface area contributed by atoms with Gasteiger partial charge in [0, 0.05) is 11.6 Å². The SMILES string of the molecule is O=C(NC(C(=O)O)C1CC1)c1cc(C2CC2)[nH]n1. The van der Waals surface area contributed by atoms with E-state index in [1.54, 1.807) is 6.07 Å². The second-order valence-corrected chi connectivity index (χ2v) is 5.11. The second-order valence-electron chi connectivity index (χ2n) is 5.11. The van der Waals surface area contributed by atoms with Crippen molar-refractivity contribution in [3.05, 3.63) is 17.5 Å². The van der Waals surface area contributed by atoms with Gasteiger partial charge in [0.1, 0.15) is 11.7 Å². The quantitative estimate of drug-likeness (QED) is 0.721. The van der Waals surface area contributed by atoms with Gasteiger partial charge in [-0.3, -0.25) is 9.89 Å². The lowest BCUT2D eigenvalue weighted by atomic mass is 10.2. The molecule has 18 heavy (non-hydrogen) atoms. The molecule has 1 amide bonds. The Morgan fingerprint density at radius 3 is 2.67 bits per heavy atom. The molecule has 0 saturated heterocycles. The van der Waals surface area contributed by atoms with E-state index in [-0.39, 0.29) is 11.6 Å². The van der Waals surface area contributed by atoms with Crippen LogP contribution >= 0.6 is 0 Å². The molecule has 3 N–H and O–H groups in total. The number of aliphatic carboxylic acids is 1. The fourth-order valence-corrected chi connectivity index (χ4v) is 2.08. The van der Waals surface area contributed by atoms with E-state index in [1.165, 1.54) is 0 Å². The van der Waals surface area contributed by atoms with Crippen LogP contribution in [0.25, 0.3) is 0 Å². The summed E-state index contributed by atoms with van der Waals surface area (Å²) in [5, 5.41) is 18.4. The number of carbonyl (C=O) groups excluding carboxylic acids is 1. The van der Waals surface area contributed by atoms with Gasteiger partial charge >= 0.3 is 5.97 Å². The lowest BCUT2D eigenvalue weighted by Gasteiger charge is -2.11. The molecule has 1 unspecified atom stereocenters. The lowest BCUT2D eigenvalue weighted by molar-refractivity contribution is -0.139. The Hall–Kier alpha value is -1.85. The van der Waals surface area contributed by atoms with Gasteiger partial charge in [0.25, 0.3) is 5.91 Å². The molecule has 0 aliphatic heterocycles. The zero-order valence-corrected chi connectivity index (χ0v) is 9.85. The molecule has 3 rings (SSSR count).